The molecule has 1 heterocycles. The number of nitrogens with zero attached hydrogens (tertiary/aromatic N) is 1. The van der Waals surface area contributed by atoms with Gasteiger partial charge in [0.15, 0.2) is 0 Å². The van der Waals surface area contributed by atoms with Crippen molar-refractivity contribution in [2.24, 2.45) is 5.84 Å². The van der Waals surface area contributed by atoms with Gasteiger partial charge >= 0.3 is 0 Å². The molecule has 0 saturated carbocycles. The van der Waals surface area contributed by atoms with Gasteiger partial charge in [-0.15, -0.1) is 0 Å². The number of pyridine rings is 1. The minimum absolute atomic E-state index is 0.303. The van der Waals surface area contributed by atoms with E-state index in [1.807, 2.05) is 48.5 Å². The number of carbonyl (C=O) groups is 1. The fourth-order valence-electron chi connectivity index (χ4n) is 2.10. The van der Waals surface area contributed by atoms with Crippen molar-refractivity contribution >= 4 is 16.8 Å². The van der Waals surface area contributed by atoms with E-state index in [4.69, 9.17) is 5.84 Å². The molecule has 20 heavy (non-hydrogen) atoms. The first kappa shape index (κ1) is 12.3. The summed E-state index contributed by atoms with van der Waals surface area (Å²) in [5.74, 6) is 4.80. The van der Waals surface area contributed by atoms with Crippen LogP contribution in [0.4, 0.5) is 0 Å². The van der Waals surface area contributed by atoms with Crippen LogP contribution < -0.4 is 11.3 Å². The second-order valence-corrected chi connectivity index (χ2v) is 4.44. The third-order valence-corrected chi connectivity index (χ3v) is 3.17. The summed E-state index contributed by atoms with van der Waals surface area (Å²) in [5.41, 5.74) is 5.43. The standard InChI is InChI=1S/C16H13N3O/c17-19-16(20)13-7-5-12(6-8-13)15-10-9-11-3-1-2-4-14(11)18-15/h1-10H,17H2,(H,19,20). The van der Waals surface area contributed by atoms with Gasteiger partial charge in [-0.25, -0.2) is 10.8 Å². The monoisotopic (exact) mass is 263 g/mol. The topological polar surface area (TPSA) is 68.0 Å². The van der Waals surface area contributed by atoms with Crippen LogP contribution in [0.5, 0.6) is 0 Å². The maximum Gasteiger partial charge on any atom is 0.265 e. The van der Waals surface area contributed by atoms with E-state index in [9.17, 15) is 4.79 Å². The van der Waals surface area contributed by atoms with Gasteiger partial charge in [0.05, 0.1) is 11.2 Å². The molecule has 0 radical (unpaired) electrons. The smallest absolute Gasteiger partial charge is 0.265 e. The van der Waals surface area contributed by atoms with E-state index < -0.39 is 0 Å². The molecule has 0 saturated heterocycles. The van der Waals surface area contributed by atoms with Gasteiger partial charge in [0.2, 0.25) is 0 Å². The molecule has 3 aromatic rings. The maximum absolute atomic E-state index is 11.4. The average molecular weight is 263 g/mol. The molecule has 2 aromatic carbocycles. The molecular weight excluding hydrogens is 250 g/mol. The van der Waals surface area contributed by atoms with Crippen molar-refractivity contribution in [1.82, 2.24) is 10.4 Å². The van der Waals surface area contributed by atoms with E-state index in [2.05, 4.69) is 10.4 Å². The zero-order valence-electron chi connectivity index (χ0n) is 10.7. The van der Waals surface area contributed by atoms with Crippen molar-refractivity contribution in [2.45, 2.75) is 0 Å². The molecule has 4 nitrogen and oxygen atoms in total. The highest BCUT2D eigenvalue weighted by Crippen LogP contribution is 2.21. The van der Waals surface area contributed by atoms with Crippen LogP contribution in [0.25, 0.3) is 22.2 Å². The highest BCUT2D eigenvalue weighted by Gasteiger charge is 2.05. The van der Waals surface area contributed by atoms with E-state index in [1.165, 1.54) is 0 Å². The van der Waals surface area contributed by atoms with E-state index in [0.29, 0.717) is 5.56 Å². The van der Waals surface area contributed by atoms with Crippen molar-refractivity contribution in [2.75, 3.05) is 0 Å². The quantitative estimate of drug-likeness (QED) is 0.424. The molecule has 0 bridgehead atoms. The van der Waals surface area contributed by atoms with Crippen LogP contribution in [-0.2, 0) is 0 Å². The van der Waals surface area contributed by atoms with Gasteiger partial charge < -0.3 is 0 Å². The summed E-state index contributed by atoms with van der Waals surface area (Å²) < 4.78 is 0. The van der Waals surface area contributed by atoms with Crippen LogP contribution in [0.15, 0.2) is 60.7 Å². The first-order chi connectivity index (χ1) is 9.78. The van der Waals surface area contributed by atoms with Crippen LogP contribution >= 0.6 is 0 Å². The Morgan fingerprint density at radius 1 is 0.950 bits per heavy atom. The molecule has 3 N–H and O–H groups in total. The second kappa shape index (κ2) is 5.11. The van der Waals surface area contributed by atoms with E-state index in [-0.39, 0.29) is 5.91 Å². The molecule has 0 fully saturated rings. The molecule has 0 spiro atoms. The summed E-state index contributed by atoms with van der Waals surface area (Å²) in [5, 5.41) is 1.11. The average Bonchev–Trinajstić information content (AvgIpc) is 2.54. The number of nitrogens with one attached hydrogen (secondary N) is 1. The van der Waals surface area contributed by atoms with Crippen molar-refractivity contribution in [3.63, 3.8) is 0 Å². The van der Waals surface area contributed by atoms with E-state index in [1.54, 1.807) is 12.1 Å². The lowest BCUT2D eigenvalue weighted by molar-refractivity contribution is 0.0953. The minimum Gasteiger partial charge on any atom is -0.290 e. The number of hydrogen-bond acceptors (Lipinski definition) is 3. The highest BCUT2D eigenvalue weighted by atomic mass is 16.2. The van der Waals surface area contributed by atoms with Crippen molar-refractivity contribution < 1.29 is 4.79 Å². The summed E-state index contributed by atoms with van der Waals surface area (Å²) in [6.45, 7) is 0. The summed E-state index contributed by atoms with van der Waals surface area (Å²) in [7, 11) is 0. The highest BCUT2D eigenvalue weighted by molar-refractivity contribution is 5.94. The molecule has 0 unspecified atom stereocenters. The number of nitrogens with two attached hydrogens (primary N) is 1. The first-order valence-electron chi connectivity index (χ1n) is 6.25. The summed E-state index contributed by atoms with van der Waals surface area (Å²) in [6, 6.07) is 19.2. The number of carbonyl (C=O) groups excluding carboxylic acids is 1. The Hall–Kier alpha value is -2.72. The van der Waals surface area contributed by atoms with Crippen molar-refractivity contribution in [3.05, 3.63) is 66.2 Å². The van der Waals surface area contributed by atoms with Gasteiger partial charge in [0.25, 0.3) is 5.91 Å². The second-order valence-electron chi connectivity index (χ2n) is 4.44. The molecule has 3 rings (SSSR count). The first-order valence-corrected chi connectivity index (χ1v) is 6.25. The molecule has 0 aliphatic heterocycles. The van der Waals surface area contributed by atoms with Crippen LogP contribution in [-0.4, -0.2) is 10.9 Å². The number of hydrazine groups is 1. The van der Waals surface area contributed by atoms with Crippen LogP contribution in [0.2, 0.25) is 0 Å². The number of hydrogen-bond donors (Lipinski definition) is 2. The van der Waals surface area contributed by atoms with Crippen LogP contribution in [0.1, 0.15) is 10.4 Å². The normalized spacial score (nSPS) is 10.4. The number of rotatable bonds is 2. The summed E-state index contributed by atoms with van der Waals surface area (Å²) >= 11 is 0. The number of nitrogen functional groups attached to an aromatic ring is 1. The van der Waals surface area contributed by atoms with Gasteiger partial charge in [0.1, 0.15) is 0 Å². The maximum atomic E-state index is 11.4. The largest absolute Gasteiger partial charge is 0.290 e. The molecule has 0 aliphatic rings. The van der Waals surface area contributed by atoms with E-state index in [0.717, 1.165) is 22.2 Å². The Balaban J connectivity index is 2.00. The van der Waals surface area contributed by atoms with Gasteiger partial charge in [0, 0.05) is 16.5 Å². The molecule has 0 aliphatic carbocycles. The number of amides is 1. The fraction of sp³-hybridized carbons (Fsp3) is 0. The van der Waals surface area contributed by atoms with Gasteiger partial charge in [-0.2, -0.15) is 0 Å². The number of fused-ring (bicyclic) bond motifs is 1. The lowest BCUT2D eigenvalue weighted by Crippen LogP contribution is -2.29. The van der Waals surface area contributed by atoms with Crippen molar-refractivity contribution in [1.29, 1.82) is 0 Å². The molecule has 0 atom stereocenters. The lowest BCUT2D eigenvalue weighted by atomic mass is 10.1. The zero-order valence-corrected chi connectivity index (χ0v) is 10.7. The molecule has 1 amide bonds. The predicted octanol–water partition coefficient (Wildman–Crippen LogP) is 2.51. The third kappa shape index (κ3) is 2.24. The summed E-state index contributed by atoms with van der Waals surface area (Å²) in [4.78, 5) is 16.0. The Bertz CT molecular complexity index is 766. The predicted molar refractivity (Wildman–Crippen MR) is 78.8 cm³/mol. The molecular formula is C16H13N3O. The molecule has 1 aromatic heterocycles. The Morgan fingerprint density at radius 3 is 2.45 bits per heavy atom. The molecule has 98 valence electrons. The number of aromatic nitrogens is 1. The van der Waals surface area contributed by atoms with Gasteiger partial charge in [-0.05, 0) is 24.3 Å². The fourth-order valence-corrected chi connectivity index (χ4v) is 2.10. The SMILES string of the molecule is NNC(=O)c1ccc(-c2ccc3ccccc3n2)cc1. The van der Waals surface area contributed by atoms with Crippen LogP contribution in [0, 0.1) is 0 Å². The summed E-state index contributed by atoms with van der Waals surface area (Å²) in [6.07, 6.45) is 0. The van der Waals surface area contributed by atoms with Gasteiger partial charge in [-0.1, -0.05) is 36.4 Å². The number of para-hydroxylation sites is 1. The Labute approximate surface area is 116 Å². The van der Waals surface area contributed by atoms with Crippen LogP contribution in [0.3, 0.4) is 0 Å². The minimum atomic E-state index is -0.303. The number of benzene rings is 2. The van der Waals surface area contributed by atoms with Crippen molar-refractivity contribution in [3.8, 4) is 11.3 Å². The molecule has 4 heteroatoms. The Morgan fingerprint density at radius 2 is 1.70 bits per heavy atom. The van der Waals surface area contributed by atoms with E-state index >= 15 is 0 Å². The zero-order chi connectivity index (χ0) is 13.9. The Kier molecular flexibility index (Phi) is 3.15. The lowest BCUT2D eigenvalue weighted by Gasteiger charge is -2.04. The third-order valence-electron chi connectivity index (χ3n) is 3.17. The van der Waals surface area contributed by atoms with Gasteiger partial charge in [-0.3, -0.25) is 10.2 Å².